The number of hydrogen-bond acceptors (Lipinski definition) is 6. The standard InChI is InChI=1S/C13H20N4O2/c1-3-19-13(18)10-4-6-17(7-5-10)12-8-11(14-2)15-9-16-12/h8-10H,3-7H2,1-2H3,(H,14,15,16). The zero-order valence-electron chi connectivity index (χ0n) is 11.4. The fourth-order valence-corrected chi connectivity index (χ4v) is 2.26. The molecule has 0 radical (unpaired) electrons. The Morgan fingerprint density at radius 2 is 2.21 bits per heavy atom. The maximum atomic E-state index is 11.7. The lowest BCUT2D eigenvalue weighted by Gasteiger charge is -2.31. The molecule has 0 amide bonds. The van der Waals surface area contributed by atoms with Gasteiger partial charge in [-0.25, -0.2) is 9.97 Å². The minimum Gasteiger partial charge on any atom is -0.466 e. The van der Waals surface area contributed by atoms with Crippen molar-refractivity contribution in [2.75, 3.05) is 37.0 Å². The number of carbonyl (C=O) groups is 1. The molecule has 1 aliphatic rings. The lowest BCUT2D eigenvalue weighted by Crippen LogP contribution is -2.37. The van der Waals surface area contributed by atoms with E-state index < -0.39 is 0 Å². The molecule has 2 rings (SSSR count). The zero-order chi connectivity index (χ0) is 13.7. The predicted molar refractivity (Wildman–Crippen MR) is 73.1 cm³/mol. The first-order valence-corrected chi connectivity index (χ1v) is 6.66. The molecule has 0 aromatic carbocycles. The molecule has 1 saturated heterocycles. The summed E-state index contributed by atoms with van der Waals surface area (Å²) in [4.78, 5) is 22.2. The van der Waals surface area contributed by atoms with Gasteiger partial charge < -0.3 is 15.0 Å². The second-order valence-corrected chi connectivity index (χ2v) is 4.52. The summed E-state index contributed by atoms with van der Waals surface area (Å²) in [5, 5.41) is 3.00. The van der Waals surface area contributed by atoms with Crippen LogP contribution in [-0.2, 0) is 9.53 Å². The van der Waals surface area contributed by atoms with Gasteiger partial charge in [-0.15, -0.1) is 0 Å². The van der Waals surface area contributed by atoms with Crippen LogP contribution in [0.4, 0.5) is 11.6 Å². The average Bonchev–Trinajstić information content (AvgIpc) is 2.48. The molecule has 0 unspecified atom stereocenters. The Bertz CT molecular complexity index is 430. The van der Waals surface area contributed by atoms with Crippen LogP contribution in [0.15, 0.2) is 12.4 Å². The number of carbonyl (C=O) groups excluding carboxylic acids is 1. The van der Waals surface area contributed by atoms with Crippen LogP contribution in [0.3, 0.4) is 0 Å². The monoisotopic (exact) mass is 264 g/mol. The fourth-order valence-electron chi connectivity index (χ4n) is 2.26. The van der Waals surface area contributed by atoms with Gasteiger partial charge in [-0.05, 0) is 19.8 Å². The van der Waals surface area contributed by atoms with Gasteiger partial charge in [0.25, 0.3) is 0 Å². The average molecular weight is 264 g/mol. The van der Waals surface area contributed by atoms with Crippen molar-refractivity contribution < 1.29 is 9.53 Å². The third-order valence-electron chi connectivity index (χ3n) is 3.35. The Kier molecular flexibility index (Phi) is 4.54. The summed E-state index contributed by atoms with van der Waals surface area (Å²) in [5.74, 6) is 1.67. The number of aromatic nitrogens is 2. The smallest absolute Gasteiger partial charge is 0.309 e. The van der Waals surface area contributed by atoms with E-state index in [9.17, 15) is 4.79 Å². The van der Waals surface area contributed by atoms with Crippen molar-refractivity contribution in [1.29, 1.82) is 0 Å². The molecule has 0 bridgehead atoms. The Labute approximate surface area is 113 Å². The summed E-state index contributed by atoms with van der Waals surface area (Å²) in [7, 11) is 1.83. The molecule has 1 aromatic rings. The van der Waals surface area contributed by atoms with E-state index in [0.29, 0.717) is 6.61 Å². The van der Waals surface area contributed by atoms with E-state index in [1.165, 1.54) is 0 Å². The van der Waals surface area contributed by atoms with Crippen LogP contribution in [0.5, 0.6) is 0 Å². The number of hydrogen-bond donors (Lipinski definition) is 1. The molecule has 0 aliphatic carbocycles. The minimum absolute atomic E-state index is 0.0295. The van der Waals surface area contributed by atoms with Crippen LogP contribution in [0.1, 0.15) is 19.8 Å². The summed E-state index contributed by atoms with van der Waals surface area (Å²) >= 11 is 0. The molecule has 2 heterocycles. The van der Waals surface area contributed by atoms with Gasteiger partial charge in [0.05, 0.1) is 12.5 Å². The highest BCUT2D eigenvalue weighted by atomic mass is 16.5. The topological polar surface area (TPSA) is 67.3 Å². The van der Waals surface area contributed by atoms with Crippen LogP contribution >= 0.6 is 0 Å². The molecule has 6 heteroatoms. The van der Waals surface area contributed by atoms with Crippen LogP contribution in [0, 0.1) is 5.92 Å². The van der Waals surface area contributed by atoms with Crippen molar-refractivity contribution in [1.82, 2.24) is 9.97 Å². The largest absolute Gasteiger partial charge is 0.466 e. The van der Waals surface area contributed by atoms with Gasteiger partial charge >= 0.3 is 5.97 Å². The first-order valence-electron chi connectivity index (χ1n) is 6.66. The van der Waals surface area contributed by atoms with E-state index in [4.69, 9.17) is 4.74 Å². The Balaban J connectivity index is 1.94. The number of anilines is 2. The zero-order valence-corrected chi connectivity index (χ0v) is 11.4. The van der Waals surface area contributed by atoms with Crippen LogP contribution in [-0.4, -0.2) is 42.7 Å². The summed E-state index contributed by atoms with van der Waals surface area (Å²) < 4.78 is 5.07. The van der Waals surface area contributed by atoms with E-state index in [1.54, 1.807) is 6.33 Å². The Morgan fingerprint density at radius 3 is 2.84 bits per heavy atom. The molecular weight excluding hydrogens is 244 g/mol. The second-order valence-electron chi connectivity index (χ2n) is 4.52. The normalized spacial score (nSPS) is 16.2. The molecule has 0 saturated carbocycles. The number of nitrogens with one attached hydrogen (secondary N) is 1. The highest BCUT2D eigenvalue weighted by Crippen LogP contribution is 2.23. The quantitative estimate of drug-likeness (QED) is 0.827. The highest BCUT2D eigenvalue weighted by molar-refractivity contribution is 5.72. The molecule has 19 heavy (non-hydrogen) atoms. The number of nitrogens with zero attached hydrogens (tertiary/aromatic N) is 3. The molecule has 0 atom stereocenters. The summed E-state index contributed by atoms with van der Waals surface area (Å²) in [6.07, 6.45) is 3.19. The van der Waals surface area contributed by atoms with E-state index >= 15 is 0 Å². The van der Waals surface area contributed by atoms with E-state index in [0.717, 1.165) is 37.6 Å². The van der Waals surface area contributed by atoms with Crippen molar-refractivity contribution in [3.05, 3.63) is 12.4 Å². The van der Waals surface area contributed by atoms with Crippen molar-refractivity contribution in [2.24, 2.45) is 5.92 Å². The molecule has 104 valence electrons. The minimum atomic E-state index is -0.0687. The van der Waals surface area contributed by atoms with Gasteiger partial charge in [-0.2, -0.15) is 0 Å². The van der Waals surface area contributed by atoms with Crippen LogP contribution < -0.4 is 10.2 Å². The molecule has 1 aliphatic heterocycles. The summed E-state index contributed by atoms with van der Waals surface area (Å²) in [6.45, 7) is 3.94. The number of rotatable bonds is 4. The lowest BCUT2D eigenvalue weighted by molar-refractivity contribution is -0.148. The molecule has 1 N–H and O–H groups in total. The van der Waals surface area contributed by atoms with E-state index in [-0.39, 0.29) is 11.9 Å². The van der Waals surface area contributed by atoms with Gasteiger partial charge in [-0.3, -0.25) is 4.79 Å². The van der Waals surface area contributed by atoms with Crippen LogP contribution in [0.25, 0.3) is 0 Å². The number of piperidine rings is 1. The highest BCUT2D eigenvalue weighted by Gasteiger charge is 2.26. The molecule has 0 spiro atoms. The van der Waals surface area contributed by atoms with Gasteiger partial charge in [0.15, 0.2) is 0 Å². The molecule has 6 nitrogen and oxygen atoms in total. The predicted octanol–water partition coefficient (Wildman–Crippen LogP) is 1.30. The third-order valence-corrected chi connectivity index (χ3v) is 3.35. The van der Waals surface area contributed by atoms with Gasteiger partial charge in [-0.1, -0.05) is 0 Å². The summed E-state index contributed by atoms with van der Waals surface area (Å²) in [5.41, 5.74) is 0. The first-order chi connectivity index (χ1) is 9.24. The van der Waals surface area contributed by atoms with Crippen molar-refractivity contribution in [2.45, 2.75) is 19.8 Å². The molecule has 1 fully saturated rings. The van der Waals surface area contributed by atoms with E-state index in [1.807, 2.05) is 20.0 Å². The molecular formula is C13H20N4O2. The Morgan fingerprint density at radius 1 is 1.47 bits per heavy atom. The maximum absolute atomic E-state index is 11.7. The second kappa shape index (κ2) is 6.36. The molecule has 1 aromatic heterocycles. The Hall–Kier alpha value is -1.85. The first kappa shape index (κ1) is 13.6. The van der Waals surface area contributed by atoms with Crippen LogP contribution in [0.2, 0.25) is 0 Å². The number of ether oxygens (including phenoxy) is 1. The van der Waals surface area contributed by atoms with Crippen molar-refractivity contribution >= 4 is 17.6 Å². The lowest BCUT2D eigenvalue weighted by atomic mass is 9.97. The number of esters is 1. The van der Waals surface area contributed by atoms with Crippen molar-refractivity contribution in [3.8, 4) is 0 Å². The maximum Gasteiger partial charge on any atom is 0.309 e. The van der Waals surface area contributed by atoms with E-state index in [2.05, 4.69) is 20.2 Å². The van der Waals surface area contributed by atoms with Gasteiger partial charge in [0.1, 0.15) is 18.0 Å². The van der Waals surface area contributed by atoms with Gasteiger partial charge in [0.2, 0.25) is 0 Å². The SMILES string of the molecule is CCOC(=O)C1CCN(c2cc(NC)ncn2)CC1. The van der Waals surface area contributed by atoms with Gasteiger partial charge in [0, 0.05) is 26.2 Å². The third kappa shape index (κ3) is 3.33. The van der Waals surface area contributed by atoms with Crippen molar-refractivity contribution in [3.63, 3.8) is 0 Å². The fraction of sp³-hybridized carbons (Fsp3) is 0.615. The summed E-state index contributed by atoms with van der Waals surface area (Å²) in [6, 6.07) is 1.92.